The number of benzene rings is 1. The fourth-order valence-electron chi connectivity index (χ4n) is 3.32. The summed E-state index contributed by atoms with van der Waals surface area (Å²) in [5.41, 5.74) is 4.26. The van der Waals surface area contributed by atoms with Crippen molar-refractivity contribution < 1.29 is 19.0 Å². The maximum atomic E-state index is 11.5. The molecule has 4 rings (SSSR count). The van der Waals surface area contributed by atoms with Crippen LogP contribution in [0, 0.1) is 5.92 Å². The Morgan fingerprint density at radius 1 is 1.21 bits per heavy atom. The number of nitrogens with zero attached hydrogens (tertiary/aromatic N) is 2. The molecular formula is C20H21N3O4S. The SMILES string of the molecule is COc1ccc(-c2cc(O[C@@H](C)C3CNC(=O)C3)c3scnc3c2)nc1OC. The molecule has 3 heterocycles. The molecule has 8 heteroatoms. The van der Waals surface area contributed by atoms with Gasteiger partial charge in [0.2, 0.25) is 5.91 Å². The van der Waals surface area contributed by atoms with E-state index in [0.29, 0.717) is 24.6 Å². The van der Waals surface area contributed by atoms with Crippen molar-refractivity contribution >= 4 is 27.5 Å². The highest BCUT2D eigenvalue weighted by Gasteiger charge is 2.28. The Kier molecular flexibility index (Phi) is 5.04. The first kappa shape index (κ1) is 18.5. The highest BCUT2D eigenvalue weighted by atomic mass is 32.1. The first-order valence-electron chi connectivity index (χ1n) is 8.99. The molecule has 0 bridgehead atoms. The van der Waals surface area contributed by atoms with Crippen molar-refractivity contribution in [1.82, 2.24) is 15.3 Å². The molecule has 146 valence electrons. The van der Waals surface area contributed by atoms with E-state index in [-0.39, 0.29) is 17.9 Å². The second-order valence-electron chi connectivity index (χ2n) is 6.67. The lowest BCUT2D eigenvalue weighted by Gasteiger charge is -2.20. The van der Waals surface area contributed by atoms with Crippen LogP contribution in [0.1, 0.15) is 13.3 Å². The quantitative estimate of drug-likeness (QED) is 0.685. The van der Waals surface area contributed by atoms with Gasteiger partial charge in [0.05, 0.1) is 35.6 Å². The van der Waals surface area contributed by atoms with Gasteiger partial charge in [0, 0.05) is 24.4 Å². The minimum atomic E-state index is -0.0992. The molecule has 1 fully saturated rings. The van der Waals surface area contributed by atoms with Crippen molar-refractivity contribution in [3.63, 3.8) is 0 Å². The summed E-state index contributed by atoms with van der Waals surface area (Å²) in [4.78, 5) is 20.5. The lowest BCUT2D eigenvalue weighted by Crippen LogP contribution is -2.25. The molecule has 2 aromatic heterocycles. The highest BCUT2D eigenvalue weighted by Crippen LogP contribution is 2.37. The van der Waals surface area contributed by atoms with Crippen LogP contribution >= 0.6 is 11.3 Å². The summed E-state index contributed by atoms with van der Waals surface area (Å²) in [6.45, 7) is 2.64. The maximum Gasteiger partial charge on any atom is 0.257 e. The molecule has 1 unspecified atom stereocenters. The van der Waals surface area contributed by atoms with E-state index < -0.39 is 0 Å². The summed E-state index contributed by atoms with van der Waals surface area (Å²) >= 11 is 1.53. The third kappa shape index (κ3) is 3.47. The number of pyridine rings is 1. The van der Waals surface area contributed by atoms with Crippen LogP contribution in [-0.4, -0.2) is 42.7 Å². The molecule has 28 heavy (non-hydrogen) atoms. The molecule has 1 saturated heterocycles. The molecule has 2 atom stereocenters. The van der Waals surface area contributed by atoms with Crippen molar-refractivity contribution in [2.75, 3.05) is 20.8 Å². The fraction of sp³-hybridized carbons (Fsp3) is 0.350. The summed E-state index contributed by atoms with van der Waals surface area (Å²) < 4.78 is 17.9. The third-order valence-corrected chi connectivity index (χ3v) is 5.77. The van der Waals surface area contributed by atoms with Crippen molar-refractivity contribution in [2.45, 2.75) is 19.4 Å². The third-order valence-electron chi connectivity index (χ3n) is 4.92. The molecule has 0 aliphatic carbocycles. The standard InChI is InChI=1S/C20H21N3O4S/c1-11(13-8-18(24)21-9-13)27-17-7-12(6-15-19(17)28-10-22-15)14-4-5-16(25-2)20(23-14)26-3/h4-7,10-11,13H,8-9H2,1-3H3,(H,21,24)/t11-,13?/m0/s1. The monoisotopic (exact) mass is 399 g/mol. The van der Waals surface area contributed by atoms with Gasteiger partial charge in [-0.2, -0.15) is 0 Å². The number of hydrogen-bond acceptors (Lipinski definition) is 7. The number of fused-ring (bicyclic) bond motifs is 1. The molecule has 1 aromatic carbocycles. The average Bonchev–Trinajstić information content (AvgIpc) is 3.36. The van der Waals surface area contributed by atoms with Gasteiger partial charge in [0.25, 0.3) is 5.88 Å². The van der Waals surface area contributed by atoms with Crippen molar-refractivity contribution in [2.24, 2.45) is 5.92 Å². The number of carbonyl (C=O) groups is 1. The van der Waals surface area contributed by atoms with Gasteiger partial charge in [-0.25, -0.2) is 9.97 Å². The Morgan fingerprint density at radius 3 is 2.79 bits per heavy atom. The van der Waals surface area contributed by atoms with Crippen LogP contribution in [0.4, 0.5) is 0 Å². The number of rotatable bonds is 6. The van der Waals surface area contributed by atoms with Crippen LogP contribution in [0.5, 0.6) is 17.4 Å². The minimum Gasteiger partial charge on any atom is -0.491 e. The number of thiazole rings is 1. The number of methoxy groups -OCH3 is 2. The number of aromatic nitrogens is 2. The molecule has 1 aliphatic rings. The molecule has 0 radical (unpaired) electrons. The second-order valence-corrected chi connectivity index (χ2v) is 7.53. The summed E-state index contributed by atoms with van der Waals surface area (Å²) in [7, 11) is 3.14. The van der Waals surface area contributed by atoms with Crippen molar-refractivity contribution in [3.05, 3.63) is 29.8 Å². The summed E-state index contributed by atoms with van der Waals surface area (Å²) in [6, 6.07) is 7.65. The summed E-state index contributed by atoms with van der Waals surface area (Å²) in [5, 5.41) is 2.86. The molecule has 1 amide bonds. The van der Waals surface area contributed by atoms with Gasteiger partial charge in [-0.1, -0.05) is 0 Å². The van der Waals surface area contributed by atoms with Crippen LogP contribution in [0.3, 0.4) is 0 Å². The predicted molar refractivity (Wildman–Crippen MR) is 107 cm³/mol. The van der Waals surface area contributed by atoms with Crippen LogP contribution < -0.4 is 19.5 Å². The van der Waals surface area contributed by atoms with Gasteiger partial charge in [0.15, 0.2) is 5.75 Å². The zero-order valence-corrected chi connectivity index (χ0v) is 16.7. The molecule has 1 aliphatic heterocycles. The molecule has 1 N–H and O–H groups in total. The molecule has 3 aromatic rings. The van der Waals surface area contributed by atoms with Gasteiger partial charge in [-0.15, -0.1) is 11.3 Å². The smallest absolute Gasteiger partial charge is 0.257 e. The maximum absolute atomic E-state index is 11.5. The Bertz CT molecular complexity index is 1020. The Hall–Kier alpha value is -2.87. The largest absolute Gasteiger partial charge is 0.491 e. The van der Waals surface area contributed by atoms with E-state index in [1.54, 1.807) is 19.7 Å². The van der Waals surface area contributed by atoms with Crippen LogP contribution in [-0.2, 0) is 4.79 Å². The zero-order chi connectivity index (χ0) is 19.7. The van der Waals surface area contributed by atoms with Crippen LogP contribution in [0.25, 0.3) is 21.5 Å². The normalized spacial score (nSPS) is 17.4. The van der Waals surface area contributed by atoms with E-state index in [9.17, 15) is 4.79 Å². The van der Waals surface area contributed by atoms with Crippen LogP contribution in [0.2, 0.25) is 0 Å². The number of ether oxygens (including phenoxy) is 3. The van der Waals surface area contributed by atoms with E-state index in [1.807, 2.05) is 31.2 Å². The first-order chi connectivity index (χ1) is 13.6. The predicted octanol–water partition coefficient (Wildman–Crippen LogP) is 3.28. The average molecular weight is 399 g/mol. The van der Waals surface area contributed by atoms with Crippen LogP contribution in [0.15, 0.2) is 29.8 Å². The Labute approximate surface area is 166 Å². The van der Waals surface area contributed by atoms with Gasteiger partial charge < -0.3 is 19.5 Å². The van der Waals surface area contributed by atoms with E-state index in [4.69, 9.17) is 14.2 Å². The number of hydrogen-bond donors (Lipinski definition) is 1. The molecule has 0 spiro atoms. The van der Waals surface area contributed by atoms with E-state index in [1.165, 1.54) is 11.3 Å². The fourth-order valence-corrected chi connectivity index (χ4v) is 4.05. The van der Waals surface area contributed by atoms with Crippen molar-refractivity contribution in [3.8, 4) is 28.6 Å². The summed E-state index contributed by atoms with van der Waals surface area (Å²) in [6.07, 6.45) is 0.391. The summed E-state index contributed by atoms with van der Waals surface area (Å²) in [5.74, 6) is 1.97. The van der Waals surface area contributed by atoms with Gasteiger partial charge >= 0.3 is 0 Å². The van der Waals surface area contributed by atoms with E-state index in [2.05, 4.69) is 15.3 Å². The van der Waals surface area contributed by atoms with Gasteiger partial charge in [-0.05, 0) is 31.2 Å². The highest BCUT2D eigenvalue weighted by molar-refractivity contribution is 7.17. The number of amides is 1. The molecule has 7 nitrogen and oxygen atoms in total. The topological polar surface area (TPSA) is 82.6 Å². The second kappa shape index (κ2) is 7.63. The minimum absolute atomic E-state index is 0.0756. The van der Waals surface area contributed by atoms with Crippen molar-refractivity contribution in [1.29, 1.82) is 0 Å². The van der Waals surface area contributed by atoms with Gasteiger partial charge in [-0.3, -0.25) is 4.79 Å². The molecule has 0 saturated carbocycles. The first-order valence-corrected chi connectivity index (χ1v) is 9.87. The number of nitrogens with one attached hydrogen (secondary N) is 1. The zero-order valence-electron chi connectivity index (χ0n) is 15.9. The van der Waals surface area contributed by atoms with Gasteiger partial charge in [0.1, 0.15) is 11.9 Å². The molecular weight excluding hydrogens is 378 g/mol. The number of carbonyl (C=O) groups excluding carboxylic acids is 1. The Balaban J connectivity index is 1.70. The van der Waals surface area contributed by atoms with E-state index in [0.717, 1.165) is 27.2 Å². The Morgan fingerprint density at radius 2 is 2.07 bits per heavy atom. The lowest BCUT2D eigenvalue weighted by molar-refractivity contribution is -0.119. The van der Waals surface area contributed by atoms with E-state index >= 15 is 0 Å². The lowest BCUT2D eigenvalue weighted by atomic mass is 10.0.